The molecule has 0 spiro atoms. The van der Waals surface area contributed by atoms with Crippen LogP contribution in [0.2, 0.25) is 0 Å². The molecule has 0 bridgehead atoms. The second-order valence-electron chi connectivity index (χ2n) is 7.17. The molecule has 2 amide bonds. The molecule has 2 atom stereocenters. The van der Waals surface area contributed by atoms with Gasteiger partial charge in [-0.05, 0) is 50.2 Å². The first-order valence-electron chi connectivity index (χ1n) is 10.3. The van der Waals surface area contributed by atoms with Crippen LogP contribution in [0.3, 0.4) is 0 Å². The fraction of sp³-hybridized carbons (Fsp3) is 0.261. The van der Waals surface area contributed by atoms with Crippen molar-refractivity contribution >= 4 is 23.8 Å². The summed E-state index contributed by atoms with van der Waals surface area (Å²) in [7, 11) is 0. The number of nitrogens with one attached hydrogen (secondary N) is 2. The number of aromatic nitrogens is 1. The molecule has 178 valence electrons. The fourth-order valence-electron chi connectivity index (χ4n) is 2.86. The Morgan fingerprint density at radius 2 is 1.21 bits per heavy atom. The average Bonchev–Trinajstić information content (AvgIpc) is 3.55. The smallest absolute Gasteiger partial charge is 0.357 e. The van der Waals surface area contributed by atoms with Crippen molar-refractivity contribution in [3.63, 3.8) is 0 Å². The van der Waals surface area contributed by atoms with E-state index in [2.05, 4.69) is 15.6 Å². The predicted molar refractivity (Wildman–Crippen MR) is 115 cm³/mol. The van der Waals surface area contributed by atoms with Gasteiger partial charge in [-0.3, -0.25) is 9.59 Å². The second kappa shape index (κ2) is 11.5. The van der Waals surface area contributed by atoms with E-state index < -0.39 is 49.1 Å². The Labute approximate surface area is 194 Å². The van der Waals surface area contributed by atoms with E-state index in [1.807, 2.05) is 0 Å². The molecule has 0 radical (unpaired) electrons. The number of amides is 2. The molecule has 2 N–H and O–H groups in total. The number of hydrogen-bond donors (Lipinski definition) is 2. The lowest BCUT2D eigenvalue weighted by Gasteiger charge is -2.12. The van der Waals surface area contributed by atoms with Gasteiger partial charge in [0.15, 0.2) is 13.2 Å². The maximum atomic E-state index is 12.2. The Kier molecular flexibility index (Phi) is 8.16. The van der Waals surface area contributed by atoms with E-state index in [1.54, 1.807) is 38.1 Å². The maximum Gasteiger partial charge on any atom is 0.357 e. The molecule has 0 unspecified atom stereocenters. The predicted octanol–water partition coefficient (Wildman–Crippen LogP) is 2.34. The van der Waals surface area contributed by atoms with Crippen LogP contribution in [-0.4, -0.2) is 42.0 Å². The molecular weight excluding hydrogens is 446 g/mol. The highest BCUT2D eigenvalue weighted by Gasteiger charge is 2.19. The van der Waals surface area contributed by atoms with E-state index in [4.69, 9.17) is 18.3 Å². The van der Waals surface area contributed by atoms with Crippen LogP contribution in [0.1, 0.15) is 58.4 Å². The lowest BCUT2D eigenvalue weighted by Crippen LogP contribution is -2.31. The van der Waals surface area contributed by atoms with E-state index in [1.165, 1.54) is 30.7 Å². The van der Waals surface area contributed by atoms with Gasteiger partial charge in [0.1, 0.15) is 22.9 Å². The van der Waals surface area contributed by atoms with Crippen LogP contribution in [-0.2, 0) is 19.1 Å². The van der Waals surface area contributed by atoms with Gasteiger partial charge in [0.05, 0.1) is 24.6 Å². The third-order valence-corrected chi connectivity index (χ3v) is 4.53. The number of rotatable bonds is 10. The Hall–Kier alpha value is -4.41. The molecule has 11 heteroatoms. The average molecular weight is 469 g/mol. The first-order chi connectivity index (χ1) is 16.3. The number of esters is 2. The van der Waals surface area contributed by atoms with Crippen LogP contribution in [0.4, 0.5) is 0 Å². The van der Waals surface area contributed by atoms with Gasteiger partial charge in [0.2, 0.25) is 0 Å². The van der Waals surface area contributed by atoms with Gasteiger partial charge in [0.25, 0.3) is 11.8 Å². The molecule has 3 aromatic heterocycles. The van der Waals surface area contributed by atoms with E-state index in [0.29, 0.717) is 11.5 Å². The van der Waals surface area contributed by atoms with Crippen LogP contribution in [0, 0.1) is 0 Å². The highest BCUT2D eigenvalue weighted by atomic mass is 16.5. The highest BCUT2D eigenvalue weighted by molar-refractivity contribution is 5.93. The van der Waals surface area contributed by atoms with Gasteiger partial charge in [0, 0.05) is 0 Å². The molecule has 0 aliphatic carbocycles. The Bertz CT molecular complexity index is 1040. The summed E-state index contributed by atoms with van der Waals surface area (Å²) in [6.07, 6.45) is 2.96. The summed E-state index contributed by atoms with van der Waals surface area (Å²) >= 11 is 0. The van der Waals surface area contributed by atoms with Crippen molar-refractivity contribution in [1.29, 1.82) is 0 Å². The molecule has 0 aliphatic heterocycles. The fourth-order valence-corrected chi connectivity index (χ4v) is 2.86. The van der Waals surface area contributed by atoms with Crippen LogP contribution in [0.15, 0.2) is 63.8 Å². The molecule has 3 aromatic rings. The number of carbonyl (C=O) groups excluding carboxylic acids is 4. The Balaban J connectivity index is 1.46. The summed E-state index contributed by atoms with van der Waals surface area (Å²) in [5.41, 5.74) is -0.394. The van der Waals surface area contributed by atoms with Crippen molar-refractivity contribution in [2.24, 2.45) is 0 Å². The first-order valence-corrected chi connectivity index (χ1v) is 10.3. The third-order valence-electron chi connectivity index (χ3n) is 4.53. The lowest BCUT2D eigenvalue weighted by molar-refractivity contribution is -0.125. The molecule has 0 saturated carbocycles. The van der Waals surface area contributed by atoms with Gasteiger partial charge < -0.3 is 28.9 Å². The zero-order valence-corrected chi connectivity index (χ0v) is 18.5. The standard InChI is InChI=1S/C23H23N3O8/c1-14(18-8-4-10-31-18)24-20(27)12-33-22(29)16-6-3-7-17(26-16)23(30)34-13-21(28)25-15(2)19-9-5-11-32-19/h3-11,14-15H,12-13H2,1-2H3,(H,24,27)(H,25,28)/t14-,15-/m0/s1. The Morgan fingerprint density at radius 3 is 1.59 bits per heavy atom. The highest BCUT2D eigenvalue weighted by Crippen LogP contribution is 2.13. The van der Waals surface area contributed by atoms with E-state index in [9.17, 15) is 19.2 Å². The van der Waals surface area contributed by atoms with Gasteiger partial charge in [-0.25, -0.2) is 14.6 Å². The minimum Gasteiger partial charge on any atom is -0.467 e. The lowest BCUT2D eigenvalue weighted by atomic mass is 10.2. The molecule has 0 fully saturated rings. The zero-order valence-electron chi connectivity index (χ0n) is 18.5. The molecule has 0 aliphatic rings. The van der Waals surface area contributed by atoms with Crippen molar-refractivity contribution in [1.82, 2.24) is 15.6 Å². The Morgan fingerprint density at radius 1 is 0.765 bits per heavy atom. The van der Waals surface area contributed by atoms with Gasteiger partial charge >= 0.3 is 11.9 Å². The molecule has 3 rings (SSSR count). The summed E-state index contributed by atoms with van der Waals surface area (Å²) in [6, 6.07) is 10.0. The third kappa shape index (κ3) is 6.79. The zero-order chi connectivity index (χ0) is 24.5. The van der Waals surface area contributed by atoms with Gasteiger partial charge in [-0.2, -0.15) is 0 Å². The molecule has 0 aromatic carbocycles. The normalized spacial score (nSPS) is 12.3. The largest absolute Gasteiger partial charge is 0.467 e. The SMILES string of the molecule is C[C@H](NC(=O)COC(=O)c1cccc(C(=O)OCC(=O)N[C@@H](C)c2ccco2)n1)c1ccco1. The van der Waals surface area contributed by atoms with Crippen molar-refractivity contribution in [3.05, 3.63) is 77.9 Å². The van der Waals surface area contributed by atoms with Crippen molar-refractivity contribution in [3.8, 4) is 0 Å². The number of nitrogens with zero attached hydrogens (tertiary/aromatic N) is 1. The van der Waals surface area contributed by atoms with Gasteiger partial charge in [-0.15, -0.1) is 0 Å². The van der Waals surface area contributed by atoms with Gasteiger partial charge in [-0.1, -0.05) is 6.07 Å². The number of carbonyl (C=O) groups is 4. The van der Waals surface area contributed by atoms with Crippen molar-refractivity contribution in [2.75, 3.05) is 13.2 Å². The summed E-state index contributed by atoms with van der Waals surface area (Å²) in [4.78, 5) is 52.3. The van der Waals surface area contributed by atoms with Crippen LogP contribution in [0.25, 0.3) is 0 Å². The summed E-state index contributed by atoms with van der Waals surface area (Å²) in [5, 5.41) is 5.24. The van der Waals surface area contributed by atoms with E-state index >= 15 is 0 Å². The minimum absolute atomic E-state index is 0.197. The summed E-state index contributed by atoms with van der Waals surface area (Å²) < 4.78 is 20.3. The molecule has 0 saturated heterocycles. The van der Waals surface area contributed by atoms with E-state index in [0.717, 1.165) is 0 Å². The number of furan rings is 2. The maximum absolute atomic E-state index is 12.2. The molecular formula is C23H23N3O8. The molecule has 34 heavy (non-hydrogen) atoms. The molecule has 3 heterocycles. The topological polar surface area (TPSA) is 150 Å². The quantitative estimate of drug-likeness (QED) is 0.426. The number of ether oxygens (including phenoxy) is 2. The van der Waals surface area contributed by atoms with Crippen LogP contribution < -0.4 is 10.6 Å². The summed E-state index contributed by atoms with van der Waals surface area (Å²) in [5.74, 6) is -1.78. The van der Waals surface area contributed by atoms with E-state index in [-0.39, 0.29) is 11.4 Å². The van der Waals surface area contributed by atoms with Crippen LogP contribution >= 0.6 is 0 Å². The van der Waals surface area contributed by atoms with Crippen molar-refractivity contribution in [2.45, 2.75) is 25.9 Å². The first kappa shape index (κ1) is 24.2. The van der Waals surface area contributed by atoms with Crippen molar-refractivity contribution < 1.29 is 37.5 Å². The number of pyridine rings is 1. The second-order valence-corrected chi connectivity index (χ2v) is 7.17. The van der Waals surface area contributed by atoms with Crippen LogP contribution in [0.5, 0.6) is 0 Å². The minimum atomic E-state index is -0.902. The monoisotopic (exact) mass is 469 g/mol. The number of hydrogen-bond acceptors (Lipinski definition) is 9. The summed E-state index contributed by atoms with van der Waals surface area (Å²) in [6.45, 7) is 2.34. The molecule has 11 nitrogen and oxygen atoms in total.